The van der Waals surface area contributed by atoms with E-state index < -0.39 is 0 Å². The SMILES string of the molecule is COc1cccc(NC(=O)Cn2nc3c(N4CCN(c5ccccc5)CC4)nccn3c2=O)c1. The molecular formula is C24H25N7O3. The molecule has 1 amide bonds. The van der Waals surface area contributed by atoms with Crippen LogP contribution in [0.5, 0.6) is 5.75 Å². The first-order valence-corrected chi connectivity index (χ1v) is 11.1. The van der Waals surface area contributed by atoms with Crippen molar-refractivity contribution in [3.8, 4) is 5.75 Å². The Morgan fingerprint density at radius 1 is 1.03 bits per heavy atom. The van der Waals surface area contributed by atoms with E-state index in [2.05, 4.69) is 37.3 Å². The van der Waals surface area contributed by atoms with Crippen LogP contribution in [0.15, 0.2) is 71.8 Å². The number of carbonyl (C=O) groups excluding carboxylic acids is 1. The summed E-state index contributed by atoms with van der Waals surface area (Å²) in [7, 11) is 1.56. The van der Waals surface area contributed by atoms with Gasteiger partial charge in [-0.15, -0.1) is 5.10 Å². The number of piperazine rings is 1. The third-order valence-electron chi connectivity index (χ3n) is 5.83. The number of nitrogens with zero attached hydrogens (tertiary/aromatic N) is 6. The molecule has 1 N–H and O–H groups in total. The Labute approximate surface area is 196 Å². The number of anilines is 3. The van der Waals surface area contributed by atoms with Crippen molar-refractivity contribution in [3.05, 3.63) is 77.5 Å². The normalized spacial score (nSPS) is 13.8. The molecule has 0 spiro atoms. The van der Waals surface area contributed by atoms with Gasteiger partial charge in [-0.1, -0.05) is 24.3 Å². The Bertz CT molecular complexity index is 1360. The van der Waals surface area contributed by atoms with Crippen molar-refractivity contribution in [2.75, 3.05) is 48.4 Å². The van der Waals surface area contributed by atoms with E-state index in [0.29, 0.717) is 22.9 Å². The summed E-state index contributed by atoms with van der Waals surface area (Å²) in [6.45, 7) is 2.96. The molecule has 10 heteroatoms. The second kappa shape index (κ2) is 9.26. The lowest BCUT2D eigenvalue weighted by Gasteiger charge is -2.36. The van der Waals surface area contributed by atoms with Crippen LogP contribution in [-0.2, 0) is 11.3 Å². The maximum atomic E-state index is 12.9. The predicted octanol–water partition coefficient (Wildman–Crippen LogP) is 1.86. The van der Waals surface area contributed by atoms with Gasteiger partial charge in [0.1, 0.15) is 12.3 Å². The molecule has 4 aromatic rings. The lowest BCUT2D eigenvalue weighted by Crippen LogP contribution is -2.47. The van der Waals surface area contributed by atoms with Crippen LogP contribution in [0.3, 0.4) is 0 Å². The van der Waals surface area contributed by atoms with Crippen LogP contribution in [-0.4, -0.2) is 58.4 Å². The van der Waals surface area contributed by atoms with Gasteiger partial charge in [-0.2, -0.15) is 0 Å². The van der Waals surface area contributed by atoms with Crippen molar-refractivity contribution in [2.24, 2.45) is 0 Å². The third kappa shape index (κ3) is 4.29. The molecule has 1 fully saturated rings. The summed E-state index contributed by atoms with van der Waals surface area (Å²) >= 11 is 0. The van der Waals surface area contributed by atoms with Crippen molar-refractivity contribution in [1.29, 1.82) is 0 Å². The van der Waals surface area contributed by atoms with E-state index in [1.54, 1.807) is 43.8 Å². The van der Waals surface area contributed by atoms with Gasteiger partial charge in [0, 0.05) is 56.0 Å². The molecular weight excluding hydrogens is 434 g/mol. The zero-order chi connectivity index (χ0) is 23.5. The highest BCUT2D eigenvalue weighted by atomic mass is 16.5. The number of carbonyl (C=O) groups is 1. The second-order valence-corrected chi connectivity index (χ2v) is 7.97. The molecule has 0 bridgehead atoms. The third-order valence-corrected chi connectivity index (χ3v) is 5.83. The number of benzene rings is 2. The van der Waals surface area contributed by atoms with Crippen LogP contribution in [0, 0.1) is 0 Å². The van der Waals surface area contributed by atoms with Crippen LogP contribution in [0.2, 0.25) is 0 Å². The topological polar surface area (TPSA) is 97.0 Å². The first-order valence-electron chi connectivity index (χ1n) is 11.1. The second-order valence-electron chi connectivity index (χ2n) is 7.97. The molecule has 2 aromatic carbocycles. The monoisotopic (exact) mass is 459 g/mol. The van der Waals surface area contributed by atoms with E-state index >= 15 is 0 Å². The van der Waals surface area contributed by atoms with Crippen LogP contribution >= 0.6 is 0 Å². The van der Waals surface area contributed by atoms with E-state index in [0.717, 1.165) is 30.9 Å². The van der Waals surface area contributed by atoms with E-state index in [-0.39, 0.29) is 18.1 Å². The number of ether oxygens (including phenoxy) is 1. The maximum absolute atomic E-state index is 12.9. The highest BCUT2D eigenvalue weighted by molar-refractivity contribution is 5.90. The number of para-hydroxylation sites is 1. The average Bonchev–Trinajstić information content (AvgIpc) is 3.19. The molecule has 0 aliphatic carbocycles. The number of methoxy groups -OCH3 is 1. The van der Waals surface area contributed by atoms with Crippen molar-refractivity contribution < 1.29 is 9.53 Å². The average molecular weight is 460 g/mol. The van der Waals surface area contributed by atoms with Gasteiger partial charge in [-0.3, -0.25) is 4.79 Å². The molecule has 2 aromatic heterocycles. The summed E-state index contributed by atoms with van der Waals surface area (Å²) in [4.78, 5) is 34.4. The summed E-state index contributed by atoms with van der Waals surface area (Å²) in [5, 5.41) is 7.22. The summed E-state index contributed by atoms with van der Waals surface area (Å²) in [6, 6.07) is 17.3. The van der Waals surface area contributed by atoms with Gasteiger partial charge in [0.15, 0.2) is 5.82 Å². The minimum Gasteiger partial charge on any atom is -0.497 e. The van der Waals surface area contributed by atoms with Gasteiger partial charge in [0.2, 0.25) is 11.6 Å². The Morgan fingerprint density at radius 3 is 2.56 bits per heavy atom. The number of aromatic nitrogens is 4. The summed E-state index contributed by atoms with van der Waals surface area (Å²) in [6.07, 6.45) is 3.17. The van der Waals surface area contributed by atoms with Gasteiger partial charge in [-0.25, -0.2) is 18.9 Å². The first kappa shape index (κ1) is 21.5. The Kier molecular flexibility index (Phi) is 5.86. The lowest BCUT2D eigenvalue weighted by atomic mass is 10.2. The lowest BCUT2D eigenvalue weighted by molar-refractivity contribution is -0.117. The highest BCUT2D eigenvalue weighted by Gasteiger charge is 2.22. The van der Waals surface area contributed by atoms with Gasteiger partial charge in [0.25, 0.3) is 0 Å². The van der Waals surface area contributed by atoms with Gasteiger partial charge < -0.3 is 19.9 Å². The molecule has 34 heavy (non-hydrogen) atoms. The molecule has 3 heterocycles. The zero-order valence-electron chi connectivity index (χ0n) is 18.8. The maximum Gasteiger partial charge on any atom is 0.350 e. The number of amides is 1. The molecule has 0 radical (unpaired) electrons. The minimum absolute atomic E-state index is 0.209. The molecule has 1 aliphatic heterocycles. The fourth-order valence-corrected chi connectivity index (χ4v) is 4.11. The van der Waals surface area contributed by atoms with E-state index in [1.165, 1.54) is 10.1 Å². The smallest absolute Gasteiger partial charge is 0.350 e. The molecule has 0 saturated carbocycles. The van der Waals surface area contributed by atoms with E-state index in [4.69, 9.17) is 4.74 Å². The van der Waals surface area contributed by atoms with E-state index in [1.807, 2.05) is 18.2 Å². The largest absolute Gasteiger partial charge is 0.497 e. The van der Waals surface area contributed by atoms with Gasteiger partial charge in [0.05, 0.1) is 7.11 Å². The van der Waals surface area contributed by atoms with Crippen LogP contribution < -0.4 is 25.5 Å². The molecule has 174 valence electrons. The Hall–Kier alpha value is -4.34. The molecule has 0 unspecified atom stereocenters. The number of hydrogen-bond donors (Lipinski definition) is 1. The standard InChI is InChI=1S/C24H25N7O3/c1-34-20-9-5-6-18(16-20)26-21(32)17-31-24(33)30-11-10-25-22(23(30)27-31)29-14-12-28(13-15-29)19-7-3-2-4-8-19/h2-11,16H,12-15,17H2,1H3,(H,26,32). The summed E-state index contributed by atoms with van der Waals surface area (Å²) in [5.41, 5.74) is 1.83. The minimum atomic E-state index is -0.387. The fraction of sp³-hybridized carbons (Fsp3) is 0.250. The molecule has 10 nitrogen and oxygen atoms in total. The van der Waals surface area contributed by atoms with Crippen molar-refractivity contribution in [2.45, 2.75) is 6.54 Å². The Balaban J connectivity index is 1.32. The fourth-order valence-electron chi connectivity index (χ4n) is 4.11. The number of fused-ring (bicyclic) bond motifs is 1. The van der Waals surface area contributed by atoms with Gasteiger partial charge in [-0.05, 0) is 24.3 Å². The molecule has 0 atom stereocenters. The van der Waals surface area contributed by atoms with Crippen LogP contribution in [0.25, 0.3) is 5.65 Å². The molecule has 1 saturated heterocycles. The van der Waals surface area contributed by atoms with Crippen molar-refractivity contribution in [3.63, 3.8) is 0 Å². The van der Waals surface area contributed by atoms with Crippen molar-refractivity contribution in [1.82, 2.24) is 19.2 Å². The van der Waals surface area contributed by atoms with Crippen LogP contribution in [0.4, 0.5) is 17.2 Å². The summed E-state index contributed by atoms with van der Waals surface area (Å²) < 4.78 is 7.78. The summed E-state index contributed by atoms with van der Waals surface area (Å²) in [5.74, 6) is 0.912. The van der Waals surface area contributed by atoms with Crippen LogP contribution in [0.1, 0.15) is 0 Å². The number of hydrogen-bond acceptors (Lipinski definition) is 7. The van der Waals surface area contributed by atoms with E-state index in [9.17, 15) is 9.59 Å². The molecule has 1 aliphatic rings. The Morgan fingerprint density at radius 2 is 1.79 bits per heavy atom. The predicted molar refractivity (Wildman–Crippen MR) is 130 cm³/mol. The van der Waals surface area contributed by atoms with Gasteiger partial charge >= 0.3 is 5.69 Å². The zero-order valence-corrected chi connectivity index (χ0v) is 18.8. The number of rotatable bonds is 6. The first-order chi connectivity index (χ1) is 16.6. The molecule has 5 rings (SSSR count). The quantitative estimate of drug-likeness (QED) is 0.470. The highest BCUT2D eigenvalue weighted by Crippen LogP contribution is 2.21. The van der Waals surface area contributed by atoms with Crippen molar-refractivity contribution >= 4 is 28.7 Å². The number of nitrogens with one attached hydrogen (secondary N) is 1.